The molecule has 0 spiro atoms. The summed E-state index contributed by atoms with van der Waals surface area (Å²) in [5.41, 5.74) is 2.11. The summed E-state index contributed by atoms with van der Waals surface area (Å²) in [6.45, 7) is 7.47. The molecule has 1 aromatic carbocycles. The first-order valence-corrected chi connectivity index (χ1v) is 6.04. The van der Waals surface area contributed by atoms with Crippen LogP contribution in [0.3, 0.4) is 0 Å². The van der Waals surface area contributed by atoms with Gasteiger partial charge >= 0.3 is 0 Å². The zero-order chi connectivity index (χ0) is 12.4. The average molecular weight is 233 g/mol. The van der Waals surface area contributed by atoms with Crippen molar-refractivity contribution in [1.82, 2.24) is 4.57 Å². The number of rotatable bonds is 4. The summed E-state index contributed by atoms with van der Waals surface area (Å²) in [5.74, 6) is 0.330. The van der Waals surface area contributed by atoms with Crippen molar-refractivity contribution < 1.29 is 9.84 Å². The average Bonchev–Trinajstić information content (AvgIpc) is 2.67. The molecule has 0 saturated carbocycles. The number of nitrogens with zero attached hydrogens (tertiary/aromatic N) is 1. The smallest absolute Gasteiger partial charge is 0.125 e. The Morgan fingerprint density at radius 1 is 1.35 bits per heavy atom. The van der Waals surface area contributed by atoms with Crippen molar-refractivity contribution in [3.8, 4) is 5.75 Å². The fourth-order valence-electron chi connectivity index (χ4n) is 2.12. The lowest BCUT2D eigenvalue weighted by atomic mass is 10.1. The van der Waals surface area contributed by atoms with Crippen LogP contribution < -0.4 is 0 Å². The highest BCUT2D eigenvalue weighted by Gasteiger charge is 2.13. The van der Waals surface area contributed by atoms with Gasteiger partial charge in [-0.3, -0.25) is 0 Å². The molecule has 0 amide bonds. The molecule has 0 aliphatic heterocycles. The maximum atomic E-state index is 9.98. The van der Waals surface area contributed by atoms with Gasteiger partial charge in [0.2, 0.25) is 0 Å². The van der Waals surface area contributed by atoms with Gasteiger partial charge in [-0.25, -0.2) is 0 Å². The number of hydrogen-bond donors (Lipinski definition) is 1. The van der Waals surface area contributed by atoms with Crippen molar-refractivity contribution in [2.75, 3.05) is 6.61 Å². The lowest BCUT2D eigenvalue weighted by molar-refractivity contribution is 0.134. The molecule has 1 N–H and O–H groups in total. The van der Waals surface area contributed by atoms with E-state index in [1.807, 2.05) is 19.1 Å². The van der Waals surface area contributed by atoms with Crippen molar-refractivity contribution >= 4 is 10.9 Å². The molecule has 0 saturated heterocycles. The van der Waals surface area contributed by atoms with E-state index in [-0.39, 0.29) is 0 Å². The zero-order valence-corrected chi connectivity index (χ0v) is 10.6. The minimum Gasteiger partial charge on any atom is -0.507 e. The molecular formula is C14H19NO2. The minimum absolute atomic E-state index is 0.330. The number of phenols is 1. The summed E-state index contributed by atoms with van der Waals surface area (Å²) in [4.78, 5) is 0. The van der Waals surface area contributed by atoms with Gasteiger partial charge in [0.25, 0.3) is 0 Å². The second kappa shape index (κ2) is 4.80. The Balaban J connectivity index is 2.59. The predicted molar refractivity (Wildman–Crippen MR) is 69.3 cm³/mol. The first-order chi connectivity index (χ1) is 8.15. The topological polar surface area (TPSA) is 34.4 Å². The van der Waals surface area contributed by atoms with Crippen LogP contribution in [0, 0.1) is 0 Å². The van der Waals surface area contributed by atoms with E-state index in [1.54, 1.807) is 6.07 Å². The van der Waals surface area contributed by atoms with Crippen LogP contribution in [0.15, 0.2) is 24.4 Å². The first kappa shape index (κ1) is 12.0. The number of hydrogen-bond acceptors (Lipinski definition) is 2. The van der Waals surface area contributed by atoms with Crippen LogP contribution in [0.2, 0.25) is 0 Å². The monoisotopic (exact) mass is 233 g/mol. The molecular weight excluding hydrogens is 214 g/mol. The van der Waals surface area contributed by atoms with E-state index < -0.39 is 0 Å². The summed E-state index contributed by atoms with van der Waals surface area (Å²) < 4.78 is 7.62. The summed E-state index contributed by atoms with van der Waals surface area (Å²) >= 11 is 0. The van der Waals surface area contributed by atoms with Gasteiger partial charge in [0, 0.05) is 29.8 Å². The largest absolute Gasteiger partial charge is 0.507 e. The van der Waals surface area contributed by atoms with Gasteiger partial charge < -0.3 is 14.4 Å². The van der Waals surface area contributed by atoms with Crippen molar-refractivity contribution in [1.29, 1.82) is 0 Å². The molecule has 0 aliphatic carbocycles. The van der Waals surface area contributed by atoms with Crippen LogP contribution in [-0.2, 0) is 11.3 Å². The maximum Gasteiger partial charge on any atom is 0.125 e. The van der Waals surface area contributed by atoms with Crippen LogP contribution in [0.4, 0.5) is 0 Å². The standard InChI is InChI=1S/C14H19NO2/c1-4-17-9-11-8-15(10(2)3)12-6-5-7-13(16)14(11)12/h5-8,10,16H,4,9H2,1-3H3. The summed E-state index contributed by atoms with van der Waals surface area (Å²) in [5, 5.41) is 10.9. The van der Waals surface area contributed by atoms with Crippen LogP contribution in [-0.4, -0.2) is 16.3 Å². The van der Waals surface area contributed by atoms with Gasteiger partial charge in [0.1, 0.15) is 5.75 Å². The summed E-state index contributed by atoms with van der Waals surface area (Å²) in [7, 11) is 0. The Bertz CT molecular complexity index is 514. The molecule has 2 rings (SSSR count). The molecule has 0 bridgehead atoms. The Morgan fingerprint density at radius 2 is 2.12 bits per heavy atom. The predicted octanol–water partition coefficient (Wildman–Crippen LogP) is 3.46. The van der Waals surface area contributed by atoms with Crippen LogP contribution in [0.5, 0.6) is 5.75 Å². The van der Waals surface area contributed by atoms with Crippen molar-refractivity contribution in [3.05, 3.63) is 30.0 Å². The molecule has 17 heavy (non-hydrogen) atoms. The molecule has 0 atom stereocenters. The third-order valence-electron chi connectivity index (χ3n) is 2.93. The summed E-state index contributed by atoms with van der Waals surface area (Å²) in [6, 6.07) is 6.00. The quantitative estimate of drug-likeness (QED) is 0.877. The van der Waals surface area contributed by atoms with Crippen LogP contribution in [0.25, 0.3) is 10.9 Å². The van der Waals surface area contributed by atoms with Gasteiger partial charge in [-0.15, -0.1) is 0 Å². The minimum atomic E-state index is 0.330. The number of aromatic nitrogens is 1. The SMILES string of the molecule is CCOCc1cn(C(C)C)c2cccc(O)c12. The third kappa shape index (κ3) is 2.15. The normalized spacial score (nSPS) is 11.5. The van der Waals surface area contributed by atoms with E-state index in [2.05, 4.69) is 24.6 Å². The second-order valence-corrected chi connectivity index (χ2v) is 4.46. The molecule has 2 aromatic rings. The number of phenolic OH excluding ortho intramolecular Hbond substituents is 1. The molecule has 0 unspecified atom stereocenters. The molecule has 3 nitrogen and oxygen atoms in total. The summed E-state index contributed by atoms with van der Waals surface area (Å²) in [6.07, 6.45) is 2.07. The van der Waals surface area contributed by atoms with Crippen molar-refractivity contribution in [3.63, 3.8) is 0 Å². The van der Waals surface area contributed by atoms with Crippen molar-refractivity contribution in [2.45, 2.75) is 33.4 Å². The fourth-order valence-corrected chi connectivity index (χ4v) is 2.12. The Kier molecular flexibility index (Phi) is 3.38. The van der Waals surface area contributed by atoms with E-state index in [0.29, 0.717) is 25.0 Å². The van der Waals surface area contributed by atoms with Gasteiger partial charge in [-0.05, 0) is 32.9 Å². The van der Waals surface area contributed by atoms with Gasteiger partial charge in [0.15, 0.2) is 0 Å². The van der Waals surface area contributed by atoms with E-state index in [0.717, 1.165) is 16.5 Å². The highest BCUT2D eigenvalue weighted by atomic mass is 16.5. The van der Waals surface area contributed by atoms with E-state index in [9.17, 15) is 5.11 Å². The molecule has 0 radical (unpaired) electrons. The Labute approximate surface area is 102 Å². The van der Waals surface area contributed by atoms with Gasteiger partial charge in [-0.2, -0.15) is 0 Å². The highest BCUT2D eigenvalue weighted by molar-refractivity contribution is 5.89. The number of benzene rings is 1. The molecule has 3 heteroatoms. The molecule has 0 fully saturated rings. The molecule has 0 aliphatic rings. The molecule has 1 heterocycles. The fraction of sp³-hybridized carbons (Fsp3) is 0.429. The first-order valence-electron chi connectivity index (χ1n) is 6.04. The number of ether oxygens (including phenoxy) is 1. The lowest BCUT2D eigenvalue weighted by Gasteiger charge is -2.08. The Morgan fingerprint density at radius 3 is 2.76 bits per heavy atom. The van der Waals surface area contributed by atoms with Crippen molar-refractivity contribution in [2.24, 2.45) is 0 Å². The zero-order valence-electron chi connectivity index (χ0n) is 10.6. The third-order valence-corrected chi connectivity index (χ3v) is 2.93. The highest BCUT2D eigenvalue weighted by Crippen LogP contribution is 2.32. The van der Waals surface area contributed by atoms with Gasteiger partial charge in [-0.1, -0.05) is 6.07 Å². The lowest BCUT2D eigenvalue weighted by Crippen LogP contribution is -1.98. The van der Waals surface area contributed by atoms with E-state index >= 15 is 0 Å². The Hall–Kier alpha value is -1.48. The van der Waals surface area contributed by atoms with Crippen LogP contribution in [0.1, 0.15) is 32.4 Å². The van der Waals surface area contributed by atoms with Gasteiger partial charge in [0.05, 0.1) is 12.1 Å². The number of aromatic hydroxyl groups is 1. The van der Waals surface area contributed by atoms with Crippen LogP contribution >= 0.6 is 0 Å². The number of fused-ring (bicyclic) bond motifs is 1. The molecule has 1 aromatic heterocycles. The molecule has 92 valence electrons. The second-order valence-electron chi connectivity index (χ2n) is 4.46. The van der Waals surface area contributed by atoms with E-state index in [4.69, 9.17) is 4.74 Å². The van der Waals surface area contributed by atoms with E-state index in [1.165, 1.54) is 0 Å². The maximum absolute atomic E-state index is 9.98.